The molecule has 15 heavy (non-hydrogen) atoms. The van der Waals surface area contributed by atoms with Crippen LogP contribution in [-0.2, 0) is 4.79 Å². The summed E-state index contributed by atoms with van der Waals surface area (Å²) in [6.07, 6.45) is 2.45. The van der Waals surface area contributed by atoms with Gasteiger partial charge in [-0.2, -0.15) is 0 Å². The van der Waals surface area contributed by atoms with Crippen molar-refractivity contribution in [3.05, 3.63) is 0 Å². The summed E-state index contributed by atoms with van der Waals surface area (Å²) < 4.78 is 0. The summed E-state index contributed by atoms with van der Waals surface area (Å²) in [6.45, 7) is 9.12. The summed E-state index contributed by atoms with van der Waals surface area (Å²) >= 11 is 0. The highest BCUT2D eigenvalue weighted by Crippen LogP contribution is 2.07. The molecular formula is C12H26N2O. The SMILES string of the molecule is CC(C)CCC(=O)NC(CCN)C(C)C. The maximum atomic E-state index is 11.6. The van der Waals surface area contributed by atoms with E-state index in [1.165, 1.54) is 0 Å². The lowest BCUT2D eigenvalue weighted by molar-refractivity contribution is -0.122. The summed E-state index contributed by atoms with van der Waals surface area (Å²) in [5.41, 5.74) is 5.51. The van der Waals surface area contributed by atoms with Gasteiger partial charge < -0.3 is 11.1 Å². The highest BCUT2D eigenvalue weighted by molar-refractivity contribution is 5.76. The molecule has 0 heterocycles. The van der Waals surface area contributed by atoms with E-state index in [-0.39, 0.29) is 11.9 Å². The third-order valence-electron chi connectivity index (χ3n) is 2.58. The molecule has 0 radical (unpaired) electrons. The molecule has 0 fully saturated rings. The lowest BCUT2D eigenvalue weighted by atomic mass is 10.0. The second kappa shape index (κ2) is 7.69. The molecule has 0 aromatic carbocycles. The number of carbonyl (C=O) groups excluding carboxylic acids is 1. The van der Waals surface area contributed by atoms with Crippen LogP contribution in [0.4, 0.5) is 0 Å². The summed E-state index contributed by atoms with van der Waals surface area (Å²) in [5.74, 6) is 1.20. The van der Waals surface area contributed by atoms with Crippen molar-refractivity contribution >= 4 is 5.91 Å². The molecule has 0 aliphatic carbocycles. The minimum Gasteiger partial charge on any atom is -0.353 e. The Morgan fingerprint density at radius 3 is 2.20 bits per heavy atom. The van der Waals surface area contributed by atoms with E-state index in [0.29, 0.717) is 24.8 Å². The molecule has 0 spiro atoms. The Morgan fingerprint density at radius 2 is 1.80 bits per heavy atom. The zero-order valence-corrected chi connectivity index (χ0v) is 10.5. The van der Waals surface area contributed by atoms with Gasteiger partial charge in [0.05, 0.1) is 0 Å². The third-order valence-corrected chi connectivity index (χ3v) is 2.58. The van der Waals surface area contributed by atoms with Gasteiger partial charge in [-0.1, -0.05) is 27.7 Å². The van der Waals surface area contributed by atoms with Crippen LogP contribution in [0.25, 0.3) is 0 Å². The number of carbonyl (C=O) groups is 1. The van der Waals surface area contributed by atoms with Crippen LogP contribution in [0.1, 0.15) is 47.0 Å². The Morgan fingerprint density at radius 1 is 1.20 bits per heavy atom. The Bertz CT molecular complexity index is 178. The smallest absolute Gasteiger partial charge is 0.220 e. The van der Waals surface area contributed by atoms with Gasteiger partial charge in [-0.3, -0.25) is 4.79 Å². The van der Waals surface area contributed by atoms with Crippen molar-refractivity contribution in [2.24, 2.45) is 17.6 Å². The first kappa shape index (κ1) is 14.4. The predicted octanol–water partition coefficient (Wildman–Crippen LogP) is 1.91. The van der Waals surface area contributed by atoms with Crippen LogP contribution in [0.2, 0.25) is 0 Å². The van der Waals surface area contributed by atoms with Crippen molar-refractivity contribution in [1.29, 1.82) is 0 Å². The van der Waals surface area contributed by atoms with E-state index >= 15 is 0 Å². The molecule has 90 valence electrons. The van der Waals surface area contributed by atoms with Crippen LogP contribution >= 0.6 is 0 Å². The topological polar surface area (TPSA) is 55.1 Å². The summed E-state index contributed by atoms with van der Waals surface area (Å²) in [5, 5.41) is 3.05. The van der Waals surface area contributed by atoms with Gasteiger partial charge in [-0.05, 0) is 31.2 Å². The summed E-state index contributed by atoms with van der Waals surface area (Å²) in [7, 11) is 0. The third kappa shape index (κ3) is 7.37. The van der Waals surface area contributed by atoms with Crippen molar-refractivity contribution in [3.8, 4) is 0 Å². The molecule has 0 aliphatic heterocycles. The van der Waals surface area contributed by atoms with Crippen LogP contribution in [0, 0.1) is 11.8 Å². The average molecular weight is 214 g/mol. The highest BCUT2D eigenvalue weighted by atomic mass is 16.1. The van der Waals surface area contributed by atoms with Crippen LogP contribution in [-0.4, -0.2) is 18.5 Å². The summed E-state index contributed by atoms with van der Waals surface area (Å²) in [4.78, 5) is 11.6. The number of nitrogens with two attached hydrogens (primary N) is 1. The molecule has 1 amide bonds. The Hall–Kier alpha value is -0.570. The minimum absolute atomic E-state index is 0.163. The molecule has 0 saturated carbocycles. The fraction of sp³-hybridized carbons (Fsp3) is 0.917. The minimum atomic E-state index is 0.163. The van der Waals surface area contributed by atoms with Gasteiger partial charge in [-0.25, -0.2) is 0 Å². The first-order valence-electron chi connectivity index (χ1n) is 5.96. The number of amides is 1. The second-order valence-electron chi connectivity index (χ2n) is 4.93. The van der Waals surface area contributed by atoms with E-state index < -0.39 is 0 Å². The monoisotopic (exact) mass is 214 g/mol. The van der Waals surface area contributed by atoms with Gasteiger partial charge in [0.1, 0.15) is 0 Å². The van der Waals surface area contributed by atoms with E-state index in [1.54, 1.807) is 0 Å². The van der Waals surface area contributed by atoms with E-state index in [9.17, 15) is 4.79 Å². The quantitative estimate of drug-likeness (QED) is 0.680. The van der Waals surface area contributed by atoms with Crippen LogP contribution in [0.3, 0.4) is 0 Å². The molecule has 0 aliphatic rings. The molecule has 0 saturated heterocycles. The Kier molecular flexibility index (Phi) is 7.39. The molecule has 0 rings (SSSR count). The second-order valence-corrected chi connectivity index (χ2v) is 4.93. The van der Waals surface area contributed by atoms with Crippen molar-refractivity contribution in [2.75, 3.05) is 6.54 Å². The average Bonchev–Trinajstić information content (AvgIpc) is 2.14. The van der Waals surface area contributed by atoms with Crippen LogP contribution in [0.5, 0.6) is 0 Å². The summed E-state index contributed by atoms with van der Waals surface area (Å²) in [6, 6.07) is 0.231. The van der Waals surface area contributed by atoms with Crippen LogP contribution < -0.4 is 11.1 Å². The lowest BCUT2D eigenvalue weighted by Gasteiger charge is -2.21. The Balaban J connectivity index is 3.89. The molecule has 3 heteroatoms. The molecule has 0 aromatic heterocycles. The predicted molar refractivity (Wildman–Crippen MR) is 64.5 cm³/mol. The van der Waals surface area contributed by atoms with E-state index in [0.717, 1.165) is 12.8 Å². The van der Waals surface area contributed by atoms with Gasteiger partial charge in [0.25, 0.3) is 0 Å². The Labute approximate surface area is 93.8 Å². The molecule has 0 aromatic rings. The van der Waals surface area contributed by atoms with Crippen LogP contribution in [0.15, 0.2) is 0 Å². The van der Waals surface area contributed by atoms with E-state index in [4.69, 9.17) is 5.73 Å². The fourth-order valence-electron chi connectivity index (χ4n) is 1.45. The molecule has 0 bridgehead atoms. The van der Waals surface area contributed by atoms with Crippen molar-refractivity contribution < 1.29 is 4.79 Å². The molecule has 1 unspecified atom stereocenters. The van der Waals surface area contributed by atoms with E-state index in [1.807, 2.05) is 0 Å². The molecule has 1 atom stereocenters. The maximum absolute atomic E-state index is 11.6. The number of hydrogen-bond acceptors (Lipinski definition) is 2. The zero-order chi connectivity index (χ0) is 11.8. The van der Waals surface area contributed by atoms with Gasteiger partial charge in [-0.15, -0.1) is 0 Å². The molecule has 3 nitrogen and oxygen atoms in total. The maximum Gasteiger partial charge on any atom is 0.220 e. The number of hydrogen-bond donors (Lipinski definition) is 2. The zero-order valence-electron chi connectivity index (χ0n) is 10.5. The van der Waals surface area contributed by atoms with E-state index in [2.05, 4.69) is 33.0 Å². The number of nitrogens with one attached hydrogen (secondary N) is 1. The van der Waals surface area contributed by atoms with Gasteiger partial charge in [0.15, 0.2) is 0 Å². The largest absolute Gasteiger partial charge is 0.353 e. The van der Waals surface area contributed by atoms with Crippen molar-refractivity contribution in [1.82, 2.24) is 5.32 Å². The normalized spacial score (nSPS) is 13.3. The molecule has 3 N–H and O–H groups in total. The fourth-order valence-corrected chi connectivity index (χ4v) is 1.45. The van der Waals surface area contributed by atoms with Gasteiger partial charge in [0.2, 0.25) is 5.91 Å². The van der Waals surface area contributed by atoms with Crippen molar-refractivity contribution in [2.45, 2.75) is 53.0 Å². The molecular weight excluding hydrogens is 188 g/mol. The first-order chi connectivity index (χ1) is 6.97. The number of rotatable bonds is 7. The highest BCUT2D eigenvalue weighted by Gasteiger charge is 2.15. The van der Waals surface area contributed by atoms with Gasteiger partial charge >= 0.3 is 0 Å². The van der Waals surface area contributed by atoms with Crippen molar-refractivity contribution in [3.63, 3.8) is 0 Å². The first-order valence-corrected chi connectivity index (χ1v) is 5.96. The standard InChI is InChI=1S/C12H26N2O/c1-9(2)5-6-12(15)14-11(7-8-13)10(3)4/h9-11H,5-8,13H2,1-4H3,(H,14,15). The van der Waals surface area contributed by atoms with Gasteiger partial charge in [0, 0.05) is 12.5 Å². The lowest BCUT2D eigenvalue weighted by Crippen LogP contribution is -2.39.